The third-order valence-corrected chi connectivity index (χ3v) is 4.46. The van der Waals surface area contributed by atoms with Crippen molar-refractivity contribution in [3.63, 3.8) is 0 Å². The Hall–Kier alpha value is -2.42. The fourth-order valence-corrected chi connectivity index (χ4v) is 3.07. The maximum Gasteiger partial charge on any atom is 0.332 e. The van der Waals surface area contributed by atoms with Gasteiger partial charge in [0, 0.05) is 38.8 Å². The summed E-state index contributed by atoms with van der Waals surface area (Å²) in [5.74, 6) is 0.725. The molecule has 0 spiro atoms. The fraction of sp³-hybridized carbons (Fsp3) is 0.357. The first kappa shape index (κ1) is 15.5. The van der Waals surface area contributed by atoms with E-state index in [2.05, 4.69) is 15.0 Å². The number of imidazole rings is 1. The number of nitrogens with zero attached hydrogens (tertiary/aromatic N) is 6. The average molecular weight is 332 g/mol. The normalized spacial score (nSPS) is 11.2. The predicted molar refractivity (Wildman–Crippen MR) is 87.6 cm³/mol. The zero-order chi connectivity index (χ0) is 16.4. The molecule has 3 rings (SSSR count). The molecule has 0 amide bonds. The molecule has 0 bridgehead atoms. The Morgan fingerprint density at radius 2 is 1.87 bits per heavy atom. The highest BCUT2D eigenvalue weighted by Gasteiger charge is 2.14. The van der Waals surface area contributed by atoms with Crippen LogP contribution in [0.2, 0.25) is 0 Å². The van der Waals surface area contributed by atoms with Gasteiger partial charge in [-0.25, -0.2) is 19.7 Å². The molecule has 0 atom stereocenters. The van der Waals surface area contributed by atoms with E-state index in [9.17, 15) is 9.59 Å². The van der Waals surface area contributed by atoms with Crippen molar-refractivity contribution in [3.05, 3.63) is 45.6 Å². The molecule has 3 aromatic rings. The minimum absolute atomic E-state index is 0.302. The van der Waals surface area contributed by atoms with Crippen LogP contribution in [0.4, 0.5) is 0 Å². The molecule has 23 heavy (non-hydrogen) atoms. The zero-order valence-corrected chi connectivity index (χ0v) is 13.7. The van der Waals surface area contributed by atoms with Crippen molar-refractivity contribution in [2.45, 2.75) is 18.1 Å². The first-order valence-electron chi connectivity index (χ1n) is 7.10. The third kappa shape index (κ3) is 2.91. The van der Waals surface area contributed by atoms with E-state index in [-0.39, 0.29) is 11.2 Å². The summed E-state index contributed by atoms with van der Waals surface area (Å²) in [5.41, 5.74) is 0.197. The minimum Gasteiger partial charge on any atom is -0.328 e. The van der Waals surface area contributed by atoms with E-state index < -0.39 is 0 Å². The van der Waals surface area contributed by atoms with Gasteiger partial charge in [-0.3, -0.25) is 13.9 Å². The summed E-state index contributed by atoms with van der Waals surface area (Å²) >= 11 is 1.50. The van der Waals surface area contributed by atoms with E-state index in [1.54, 1.807) is 43.4 Å². The number of aryl methyl sites for hydroxylation is 2. The van der Waals surface area contributed by atoms with Gasteiger partial charge in [0.25, 0.3) is 5.56 Å². The average Bonchev–Trinajstić information content (AvgIpc) is 2.95. The second kappa shape index (κ2) is 6.37. The van der Waals surface area contributed by atoms with Crippen molar-refractivity contribution in [1.29, 1.82) is 0 Å². The number of hydrogen-bond acceptors (Lipinski definition) is 6. The zero-order valence-electron chi connectivity index (χ0n) is 12.8. The van der Waals surface area contributed by atoms with Gasteiger partial charge in [-0.15, -0.1) is 0 Å². The van der Waals surface area contributed by atoms with Gasteiger partial charge in [0.1, 0.15) is 0 Å². The summed E-state index contributed by atoms with van der Waals surface area (Å²) in [6.07, 6.45) is 5.58. The number of aromatic nitrogens is 6. The Bertz CT molecular complexity index is 944. The molecule has 0 aliphatic rings. The molecule has 0 aliphatic heterocycles. The number of fused-ring (bicyclic) bond motifs is 1. The van der Waals surface area contributed by atoms with Crippen LogP contribution in [0.15, 0.2) is 39.5 Å². The fourth-order valence-electron chi connectivity index (χ4n) is 2.34. The summed E-state index contributed by atoms with van der Waals surface area (Å²) in [6, 6.07) is 1.76. The molecule has 0 radical (unpaired) electrons. The van der Waals surface area contributed by atoms with Crippen LogP contribution in [0.1, 0.15) is 6.42 Å². The number of hydrogen-bond donors (Lipinski definition) is 0. The molecule has 0 aromatic carbocycles. The highest BCUT2D eigenvalue weighted by atomic mass is 32.2. The van der Waals surface area contributed by atoms with Crippen molar-refractivity contribution < 1.29 is 0 Å². The van der Waals surface area contributed by atoms with Gasteiger partial charge in [-0.2, -0.15) is 0 Å². The maximum atomic E-state index is 12.5. The van der Waals surface area contributed by atoms with E-state index >= 15 is 0 Å². The molecule has 0 aliphatic carbocycles. The minimum atomic E-state index is -0.345. The number of thioether (sulfide) groups is 1. The van der Waals surface area contributed by atoms with Gasteiger partial charge in [0.2, 0.25) is 0 Å². The second-order valence-electron chi connectivity index (χ2n) is 5.06. The maximum absolute atomic E-state index is 12.5. The summed E-state index contributed by atoms with van der Waals surface area (Å²) in [4.78, 5) is 37.2. The number of rotatable bonds is 5. The van der Waals surface area contributed by atoms with Gasteiger partial charge in [0.15, 0.2) is 16.3 Å². The lowest BCUT2D eigenvalue weighted by Gasteiger charge is -2.08. The first-order valence-corrected chi connectivity index (χ1v) is 8.09. The topological polar surface area (TPSA) is 87.6 Å². The molecular formula is C14H16N6O2S. The summed E-state index contributed by atoms with van der Waals surface area (Å²) < 4.78 is 4.31. The third-order valence-electron chi connectivity index (χ3n) is 3.50. The Morgan fingerprint density at radius 1 is 1.13 bits per heavy atom. The van der Waals surface area contributed by atoms with Gasteiger partial charge in [0.05, 0.1) is 6.33 Å². The monoisotopic (exact) mass is 332 g/mol. The first-order chi connectivity index (χ1) is 11.1. The summed E-state index contributed by atoms with van der Waals surface area (Å²) in [7, 11) is 3.37. The van der Waals surface area contributed by atoms with E-state index in [1.165, 1.54) is 20.9 Å². The van der Waals surface area contributed by atoms with Crippen LogP contribution < -0.4 is 11.2 Å². The predicted octanol–water partition coefficient (Wildman–Crippen LogP) is 0.406. The molecule has 0 unspecified atom stereocenters. The van der Waals surface area contributed by atoms with Crippen molar-refractivity contribution >= 4 is 22.9 Å². The van der Waals surface area contributed by atoms with Crippen LogP contribution in [0, 0.1) is 0 Å². The molecule has 3 heterocycles. The molecular weight excluding hydrogens is 316 g/mol. The molecule has 9 heteroatoms. The Morgan fingerprint density at radius 3 is 2.61 bits per heavy atom. The molecule has 3 aromatic heterocycles. The molecule has 8 nitrogen and oxygen atoms in total. The van der Waals surface area contributed by atoms with Gasteiger partial charge in [-0.05, 0) is 12.5 Å². The summed E-state index contributed by atoms with van der Waals surface area (Å²) in [6.45, 7) is 0.354. The molecule has 0 saturated heterocycles. The highest BCUT2D eigenvalue weighted by Crippen LogP contribution is 2.12. The lowest BCUT2D eigenvalue weighted by Crippen LogP contribution is -2.39. The molecule has 0 fully saturated rings. The standard InChI is InChI=1S/C14H16N6O2S/c1-18-9-17-11-10(18)12(21)20(14(22)19(11)2)7-4-8-23-13-15-5-3-6-16-13/h3,5-6,9H,4,7-8H2,1-2H3. The van der Waals surface area contributed by atoms with Gasteiger partial charge >= 0.3 is 5.69 Å². The van der Waals surface area contributed by atoms with Crippen molar-refractivity contribution in [2.24, 2.45) is 14.1 Å². The van der Waals surface area contributed by atoms with Crippen LogP contribution in [0.25, 0.3) is 11.2 Å². The van der Waals surface area contributed by atoms with Crippen molar-refractivity contribution in [1.82, 2.24) is 28.7 Å². The van der Waals surface area contributed by atoms with Crippen molar-refractivity contribution in [2.75, 3.05) is 5.75 Å². The Kier molecular flexibility index (Phi) is 4.28. The van der Waals surface area contributed by atoms with E-state index in [0.717, 1.165) is 5.75 Å². The molecule has 0 saturated carbocycles. The lowest BCUT2D eigenvalue weighted by molar-refractivity contribution is 0.594. The van der Waals surface area contributed by atoms with Crippen LogP contribution in [-0.2, 0) is 20.6 Å². The SMILES string of the molecule is Cn1cnc2c1c(=O)n(CCCSc1ncccn1)c(=O)n2C. The lowest BCUT2D eigenvalue weighted by atomic mass is 10.4. The summed E-state index contributed by atoms with van der Waals surface area (Å²) in [5, 5.41) is 0.690. The van der Waals surface area contributed by atoms with E-state index in [1.807, 2.05) is 0 Å². The largest absolute Gasteiger partial charge is 0.332 e. The van der Waals surface area contributed by atoms with Crippen LogP contribution >= 0.6 is 11.8 Å². The molecule has 120 valence electrons. The highest BCUT2D eigenvalue weighted by molar-refractivity contribution is 7.99. The van der Waals surface area contributed by atoms with Crippen LogP contribution in [-0.4, -0.2) is 34.4 Å². The van der Waals surface area contributed by atoms with Gasteiger partial charge < -0.3 is 4.57 Å². The smallest absolute Gasteiger partial charge is 0.328 e. The van der Waals surface area contributed by atoms with Gasteiger partial charge in [-0.1, -0.05) is 11.8 Å². The quantitative estimate of drug-likeness (QED) is 0.382. The Labute approximate surface area is 135 Å². The van der Waals surface area contributed by atoms with E-state index in [0.29, 0.717) is 29.3 Å². The second-order valence-corrected chi connectivity index (χ2v) is 6.12. The van der Waals surface area contributed by atoms with Crippen molar-refractivity contribution in [3.8, 4) is 0 Å². The van der Waals surface area contributed by atoms with E-state index in [4.69, 9.17) is 0 Å². The van der Waals surface area contributed by atoms with Crippen LogP contribution in [0.5, 0.6) is 0 Å². The Balaban J connectivity index is 1.79. The molecule has 0 N–H and O–H groups in total. The van der Waals surface area contributed by atoms with Crippen LogP contribution in [0.3, 0.4) is 0 Å².